The fourth-order valence-corrected chi connectivity index (χ4v) is 1.76. The van der Waals surface area contributed by atoms with Gasteiger partial charge in [0.2, 0.25) is 5.13 Å². The molecule has 0 saturated carbocycles. The van der Waals surface area contributed by atoms with Gasteiger partial charge >= 0.3 is 0 Å². The van der Waals surface area contributed by atoms with Crippen molar-refractivity contribution >= 4 is 22.6 Å². The predicted molar refractivity (Wildman–Crippen MR) is 59.0 cm³/mol. The molecule has 0 atom stereocenters. The molecule has 0 unspecified atom stereocenters. The first-order valence-corrected chi connectivity index (χ1v) is 5.41. The van der Waals surface area contributed by atoms with Crippen LogP contribution < -0.4 is 5.32 Å². The van der Waals surface area contributed by atoms with Gasteiger partial charge in [-0.25, -0.2) is 13.8 Å². The topological polar surface area (TPSA) is 54.9 Å². The number of halogens is 2. The van der Waals surface area contributed by atoms with Gasteiger partial charge in [-0.3, -0.25) is 10.1 Å². The molecule has 0 spiro atoms. The Morgan fingerprint density at radius 1 is 1.41 bits per heavy atom. The number of anilines is 1. The normalized spacial score (nSPS) is 10.3. The molecule has 0 fully saturated rings. The van der Waals surface area contributed by atoms with E-state index in [1.54, 1.807) is 6.92 Å². The first kappa shape index (κ1) is 11.6. The molecule has 2 rings (SSSR count). The summed E-state index contributed by atoms with van der Waals surface area (Å²) < 4.78 is 30.0. The van der Waals surface area contributed by atoms with Gasteiger partial charge < -0.3 is 0 Å². The van der Waals surface area contributed by atoms with Crippen molar-refractivity contribution < 1.29 is 13.6 Å². The molecule has 7 heteroatoms. The minimum atomic E-state index is -1.17. The number of carbonyl (C=O) groups is 1. The first-order chi connectivity index (χ1) is 8.08. The van der Waals surface area contributed by atoms with Gasteiger partial charge in [0, 0.05) is 11.5 Å². The molecule has 0 aliphatic carbocycles. The highest BCUT2D eigenvalue weighted by Crippen LogP contribution is 2.15. The number of aromatic nitrogens is 2. The third-order valence-electron chi connectivity index (χ3n) is 1.94. The van der Waals surface area contributed by atoms with Crippen molar-refractivity contribution in [1.82, 2.24) is 9.36 Å². The number of benzene rings is 1. The van der Waals surface area contributed by atoms with Gasteiger partial charge in [-0.15, -0.1) is 0 Å². The molecule has 1 amide bonds. The second-order valence-electron chi connectivity index (χ2n) is 3.20. The average Bonchev–Trinajstić information content (AvgIpc) is 2.68. The summed E-state index contributed by atoms with van der Waals surface area (Å²) in [7, 11) is 0. The monoisotopic (exact) mass is 255 g/mol. The van der Waals surface area contributed by atoms with Crippen LogP contribution in [0, 0.1) is 18.6 Å². The summed E-state index contributed by atoms with van der Waals surface area (Å²) in [5.41, 5.74) is -0.363. The lowest BCUT2D eigenvalue weighted by molar-refractivity contribution is 0.102. The number of rotatable bonds is 2. The van der Waals surface area contributed by atoms with E-state index >= 15 is 0 Å². The van der Waals surface area contributed by atoms with E-state index in [1.807, 2.05) is 0 Å². The molecule has 2 aromatic rings. The summed E-state index contributed by atoms with van der Waals surface area (Å²) in [6, 6.07) is 3.40. The summed E-state index contributed by atoms with van der Waals surface area (Å²) in [4.78, 5) is 15.5. The number of nitrogens with zero attached hydrogens (tertiary/aromatic N) is 2. The number of nitrogens with one attached hydrogen (secondary N) is 1. The molecule has 1 N–H and O–H groups in total. The summed E-state index contributed by atoms with van der Waals surface area (Å²) in [6.45, 7) is 1.66. The largest absolute Gasteiger partial charge is 0.296 e. The van der Waals surface area contributed by atoms with Crippen molar-refractivity contribution in [1.29, 1.82) is 0 Å². The number of carbonyl (C=O) groups excluding carboxylic acids is 1. The van der Waals surface area contributed by atoms with Crippen LogP contribution in [0.4, 0.5) is 13.9 Å². The number of amides is 1. The third kappa shape index (κ3) is 2.44. The molecule has 1 aromatic heterocycles. The molecular weight excluding hydrogens is 248 g/mol. The highest BCUT2D eigenvalue weighted by molar-refractivity contribution is 7.09. The van der Waals surface area contributed by atoms with E-state index < -0.39 is 17.5 Å². The van der Waals surface area contributed by atoms with Gasteiger partial charge in [0.1, 0.15) is 5.82 Å². The standard InChI is InChI=1S/C10H7F2N3OS/c1-5-13-10(17-15-5)14-9(16)6-3-2-4-7(11)8(6)12/h2-4H,1H3,(H,13,14,15,16). The molecule has 0 saturated heterocycles. The third-order valence-corrected chi connectivity index (χ3v) is 2.67. The van der Waals surface area contributed by atoms with Crippen LogP contribution in [0.2, 0.25) is 0 Å². The van der Waals surface area contributed by atoms with Crippen LogP contribution in [0.1, 0.15) is 16.2 Å². The summed E-state index contributed by atoms with van der Waals surface area (Å²) >= 11 is 0.973. The Hall–Kier alpha value is -1.89. The summed E-state index contributed by atoms with van der Waals surface area (Å²) in [6.07, 6.45) is 0. The quantitative estimate of drug-likeness (QED) is 0.896. The molecule has 0 aliphatic rings. The van der Waals surface area contributed by atoms with Gasteiger partial charge in [-0.1, -0.05) is 6.07 Å². The zero-order valence-corrected chi connectivity index (χ0v) is 9.52. The summed E-state index contributed by atoms with van der Waals surface area (Å²) in [5, 5.41) is 2.59. The molecule has 17 heavy (non-hydrogen) atoms. The minimum absolute atomic E-state index is 0.246. The molecular formula is C10H7F2N3OS. The Kier molecular flexibility index (Phi) is 3.10. The van der Waals surface area contributed by atoms with Crippen LogP contribution in [-0.4, -0.2) is 15.3 Å². The van der Waals surface area contributed by atoms with Crippen molar-refractivity contribution in [3.63, 3.8) is 0 Å². The van der Waals surface area contributed by atoms with Crippen molar-refractivity contribution in [2.75, 3.05) is 5.32 Å². The van der Waals surface area contributed by atoms with Crippen LogP contribution in [0.25, 0.3) is 0 Å². The Morgan fingerprint density at radius 3 is 2.82 bits per heavy atom. The second-order valence-corrected chi connectivity index (χ2v) is 3.95. The number of hydrogen-bond acceptors (Lipinski definition) is 4. The van der Waals surface area contributed by atoms with E-state index in [0.717, 1.165) is 17.6 Å². The lowest BCUT2D eigenvalue weighted by atomic mass is 10.2. The highest BCUT2D eigenvalue weighted by Gasteiger charge is 2.16. The van der Waals surface area contributed by atoms with Crippen LogP contribution in [-0.2, 0) is 0 Å². The van der Waals surface area contributed by atoms with Crippen LogP contribution in [0.15, 0.2) is 18.2 Å². The lowest BCUT2D eigenvalue weighted by Crippen LogP contribution is -2.14. The van der Waals surface area contributed by atoms with Crippen LogP contribution in [0.5, 0.6) is 0 Å². The molecule has 4 nitrogen and oxygen atoms in total. The molecule has 88 valence electrons. The van der Waals surface area contributed by atoms with Crippen LogP contribution >= 0.6 is 11.5 Å². The highest BCUT2D eigenvalue weighted by atomic mass is 32.1. The Bertz CT molecular complexity index is 570. The summed E-state index contributed by atoms with van der Waals surface area (Å²) in [5.74, 6) is -2.49. The maximum absolute atomic E-state index is 13.3. The van der Waals surface area contributed by atoms with E-state index in [1.165, 1.54) is 12.1 Å². The van der Waals surface area contributed by atoms with Crippen molar-refractivity contribution in [2.45, 2.75) is 6.92 Å². The van der Waals surface area contributed by atoms with Crippen molar-refractivity contribution in [2.24, 2.45) is 0 Å². The first-order valence-electron chi connectivity index (χ1n) is 4.63. The lowest BCUT2D eigenvalue weighted by Gasteiger charge is -2.02. The molecule has 0 radical (unpaired) electrons. The number of hydrogen-bond donors (Lipinski definition) is 1. The maximum atomic E-state index is 13.3. The van der Waals surface area contributed by atoms with E-state index in [9.17, 15) is 13.6 Å². The average molecular weight is 255 g/mol. The van der Waals surface area contributed by atoms with Gasteiger partial charge in [-0.2, -0.15) is 4.37 Å². The fourth-order valence-electron chi connectivity index (χ4n) is 1.19. The zero-order valence-electron chi connectivity index (χ0n) is 8.70. The maximum Gasteiger partial charge on any atom is 0.260 e. The molecule has 1 aromatic carbocycles. The SMILES string of the molecule is Cc1nsc(NC(=O)c2cccc(F)c2F)n1. The Morgan fingerprint density at radius 2 is 2.18 bits per heavy atom. The minimum Gasteiger partial charge on any atom is -0.296 e. The van der Waals surface area contributed by atoms with Gasteiger partial charge in [0.15, 0.2) is 11.6 Å². The van der Waals surface area contributed by atoms with E-state index in [-0.39, 0.29) is 10.7 Å². The smallest absolute Gasteiger partial charge is 0.260 e. The van der Waals surface area contributed by atoms with Crippen molar-refractivity contribution in [3.05, 3.63) is 41.2 Å². The van der Waals surface area contributed by atoms with Crippen LogP contribution in [0.3, 0.4) is 0 Å². The fraction of sp³-hybridized carbons (Fsp3) is 0.100. The predicted octanol–water partition coefficient (Wildman–Crippen LogP) is 2.38. The second kappa shape index (κ2) is 4.54. The van der Waals surface area contributed by atoms with Crippen molar-refractivity contribution in [3.8, 4) is 0 Å². The van der Waals surface area contributed by atoms with E-state index in [4.69, 9.17) is 0 Å². The zero-order chi connectivity index (χ0) is 12.4. The molecule has 1 heterocycles. The Labute approximate surface area is 99.5 Å². The van der Waals surface area contributed by atoms with E-state index in [0.29, 0.717) is 5.82 Å². The molecule has 0 aliphatic heterocycles. The van der Waals surface area contributed by atoms with Gasteiger partial charge in [0.25, 0.3) is 5.91 Å². The molecule has 0 bridgehead atoms. The Balaban J connectivity index is 2.23. The van der Waals surface area contributed by atoms with E-state index in [2.05, 4.69) is 14.7 Å². The van der Waals surface area contributed by atoms with Gasteiger partial charge in [-0.05, 0) is 19.1 Å². The number of aryl methyl sites for hydroxylation is 1. The van der Waals surface area contributed by atoms with Gasteiger partial charge in [0.05, 0.1) is 5.56 Å².